The molecular weight excluding hydrogens is 352 g/mol. The number of nitrogens with zero attached hydrogens (tertiary/aromatic N) is 4. The van der Waals surface area contributed by atoms with Crippen LogP contribution in [0.5, 0.6) is 0 Å². The summed E-state index contributed by atoms with van der Waals surface area (Å²) in [5.74, 6) is 0.711. The summed E-state index contributed by atoms with van der Waals surface area (Å²) in [5, 5.41) is 9.74. The lowest BCUT2D eigenvalue weighted by Gasteiger charge is -2.17. The van der Waals surface area contributed by atoms with E-state index >= 15 is 0 Å². The van der Waals surface area contributed by atoms with Crippen molar-refractivity contribution in [1.29, 1.82) is 0 Å². The van der Waals surface area contributed by atoms with E-state index in [9.17, 15) is 9.59 Å². The van der Waals surface area contributed by atoms with Gasteiger partial charge in [-0.25, -0.2) is 14.6 Å². The minimum absolute atomic E-state index is 0.0621. The number of pyridine rings is 1. The number of carbonyl (C=O) groups excluding carboxylic acids is 2. The van der Waals surface area contributed by atoms with Gasteiger partial charge in [-0.15, -0.1) is 11.8 Å². The van der Waals surface area contributed by atoms with E-state index in [4.69, 9.17) is 0 Å². The van der Waals surface area contributed by atoms with Gasteiger partial charge in [0.1, 0.15) is 12.7 Å². The van der Waals surface area contributed by atoms with E-state index in [1.807, 2.05) is 12.1 Å². The number of anilines is 1. The highest BCUT2D eigenvalue weighted by atomic mass is 32.2. The van der Waals surface area contributed by atoms with Gasteiger partial charge in [0.05, 0.1) is 11.4 Å². The Morgan fingerprint density at radius 3 is 3.12 bits per heavy atom. The molecule has 2 N–H and O–H groups in total. The highest BCUT2D eigenvalue weighted by Crippen LogP contribution is 2.31. The molecule has 1 aliphatic rings. The molecule has 0 radical (unpaired) electrons. The zero-order chi connectivity index (χ0) is 17.9. The van der Waals surface area contributed by atoms with Gasteiger partial charge in [0, 0.05) is 28.8 Å². The van der Waals surface area contributed by atoms with Crippen molar-refractivity contribution in [2.45, 2.75) is 11.4 Å². The van der Waals surface area contributed by atoms with E-state index in [2.05, 4.69) is 25.7 Å². The van der Waals surface area contributed by atoms with Crippen LogP contribution in [0.2, 0.25) is 0 Å². The van der Waals surface area contributed by atoms with E-state index in [0.29, 0.717) is 29.4 Å². The lowest BCUT2D eigenvalue weighted by atomic mass is 10.1. The topological polar surface area (TPSA) is 102 Å². The third-order valence-electron chi connectivity index (χ3n) is 3.82. The van der Waals surface area contributed by atoms with Gasteiger partial charge in [-0.2, -0.15) is 5.10 Å². The molecule has 0 saturated heterocycles. The predicted octanol–water partition coefficient (Wildman–Crippen LogP) is 1.64. The first kappa shape index (κ1) is 16.3. The van der Waals surface area contributed by atoms with Crippen molar-refractivity contribution in [3.8, 4) is 5.82 Å². The summed E-state index contributed by atoms with van der Waals surface area (Å²) < 4.78 is 1.55. The molecule has 8 nitrogen and oxygen atoms in total. The maximum Gasteiger partial charge on any atom is 0.251 e. The number of fused-ring (bicyclic) bond motifs is 1. The van der Waals surface area contributed by atoms with Crippen LogP contribution in [-0.2, 0) is 11.3 Å². The summed E-state index contributed by atoms with van der Waals surface area (Å²) in [4.78, 5) is 33.2. The van der Waals surface area contributed by atoms with E-state index in [1.165, 1.54) is 18.1 Å². The molecule has 130 valence electrons. The van der Waals surface area contributed by atoms with Gasteiger partial charge in [0.2, 0.25) is 5.91 Å². The average Bonchev–Trinajstić information content (AvgIpc) is 3.20. The molecule has 0 saturated carbocycles. The Bertz CT molecular complexity index is 973. The van der Waals surface area contributed by atoms with Gasteiger partial charge in [-0.05, 0) is 24.3 Å². The largest absolute Gasteiger partial charge is 0.348 e. The lowest BCUT2D eigenvalue weighted by Crippen LogP contribution is -2.25. The number of benzene rings is 1. The van der Waals surface area contributed by atoms with Crippen molar-refractivity contribution in [2.75, 3.05) is 11.1 Å². The van der Waals surface area contributed by atoms with Gasteiger partial charge in [0.15, 0.2) is 5.82 Å². The first-order valence-electron chi connectivity index (χ1n) is 7.84. The first-order valence-corrected chi connectivity index (χ1v) is 8.83. The summed E-state index contributed by atoms with van der Waals surface area (Å²) >= 11 is 1.46. The fourth-order valence-electron chi connectivity index (χ4n) is 2.59. The lowest BCUT2D eigenvalue weighted by molar-refractivity contribution is -0.113. The van der Waals surface area contributed by atoms with E-state index < -0.39 is 0 Å². The van der Waals surface area contributed by atoms with Crippen molar-refractivity contribution in [1.82, 2.24) is 25.1 Å². The van der Waals surface area contributed by atoms with Crippen LogP contribution >= 0.6 is 11.8 Å². The Morgan fingerprint density at radius 1 is 1.35 bits per heavy atom. The normalized spacial score (nSPS) is 13.0. The molecule has 1 aromatic carbocycles. The van der Waals surface area contributed by atoms with Gasteiger partial charge >= 0.3 is 0 Å². The zero-order valence-corrected chi connectivity index (χ0v) is 14.4. The Balaban J connectivity index is 1.50. The van der Waals surface area contributed by atoms with Crippen molar-refractivity contribution < 1.29 is 9.59 Å². The van der Waals surface area contributed by atoms with Gasteiger partial charge in [-0.1, -0.05) is 6.07 Å². The molecule has 0 bridgehead atoms. The van der Waals surface area contributed by atoms with Crippen LogP contribution < -0.4 is 10.6 Å². The molecule has 0 unspecified atom stereocenters. The molecule has 0 fully saturated rings. The second-order valence-corrected chi connectivity index (χ2v) is 6.57. The van der Waals surface area contributed by atoms with Gasteiger partial charge in [0.25, 0.3) is 5.91 Å². The van der Waals surface area contributed by atoms with Crippen molar-refractivity contribution in [2.24, 2.45) is 0 Å². The van der Waals surface area contributed by atoms with Gasteiger partial charge in [-0.3, -0.25) is 9.59 Å². The molecule has 4 rings (SSSR count). The number of rotatable bonds is 4. The third-order valence-corrected chi connectivity index (χ3v) is 4.89. The van der Waals surface area contributed by atoms with Gasteiger partial charge < -0.3 is 10.6 Å². The summed E-state index contributed by atoms with van der Waals surface area (Å²) in [7, 11) is 0. The minimum atomic E-state index is -0.231. The Labute approximate surface area is 153 Å². The fraction of sp³-hybridized carbons (Fsp3) is 0.118. The smallest absolute Gasteiger partial charge is 0.251 e. The molecule has 26 heavy (non-hydrogen) atoms. The van der Waals surface area contributed by atoms with Crippen LogP contribution in [0.25, 0.3) is 5.82 Å². The molecule has 1 aliphatic heterocycles. The molecule has 2 amide bonds. The quantitative estimate of drug-likeness (QED) is 0.728. The molecule has 3 aromatic rings. The molecular formula is C17H14N6O2S. The monoisotopic (exact) mass is 366 g/mol. The van der Waals surface area contributed by atoms with E-state index in [0.717, 1.165) is 10.5 Å². The van der Waals surface area contributed by atoms with Crippen LogP contribution in [-0.4, -0.2) is 37.3 Å². The number of hydrogen-bond donors (Lipinski definition) is 2. The van der Waals surface area contributed by atoms with Crippen LogP contribution in [0.3, 0.4) is 0 Å². The highest BCUT2D eigenvalue weighted by molar-refractivity contribution is 8.00. The second-order valence-electron chi connectivity index (χ2n) is 5.56. The van der Waals surface area contributed by atoms with Crippen molar-refractivity contribution in [3.05, 3.63) is 60.3 Å². The van der Waals surface area contributed by atoms with Crippen LogP contribution in [0.15, 0.2) is 54.1 Å². The highest BCUT2D eigenvalue weighted by Gasteiger charge is 2.17. The minimum Gasteiger partial charge on any atom is -0.348 e. The van der Waals surface area contributed by atoms with Crippen LogP contribution in [0, 0.1) is 0 Å². The van der Waals surface area contributed by atoms with Crippen molar-refractivity contribution in [3.63, 3.8) is 0 Å². The Hall–Kier alpha value is -3.20. The van der Waals surface area contributed by atoms with E-state index in [-0.39, 0.29) is 11.8 Å². The summed E-state index contributed by atoms with van der Waals surface area (Å²) in [5.41, 5.74) is 1.97. The maximum atomic E-state index is 12.5. The number of nitrogens with one attached hydrogen (secondary N) is 2. The Kier molecular flexibility index (Phi) is 4.36. The average molecular weight is 366 g/mol. The van der Waals surface area contributed by atoms with Crippen LogP contribution in [0.1, 0.15) is 15.9 Å². The first-order chi connectivity index (χ1) is 12.7. The number of carbonyl (C=O) groups is 2. The summed E-state index contributed by atoms with van der Waals surface area (Å²) in [6, 6.07) is 8.96. The third kappa shape index (κ3) is 3.29. The number of thioether (sulfide) groups is 1. The molecule has 0 spiro atoms. The van der Waals surface area contributed by atoms with Crippen molar-refractivity contribution >= 4 is 29.3 Å². The zero-order valence-electron chi connectivity index (χ0n) is 13.5. The van der Waals surface area contributed by atoms with E-state index in [1.54, 1.807) is 35.4 Å². The molecule has 0 aliphatic carbocycles. The second kappa shape index (κ2) is 6.96. The maximum absolute atomic E-state index is 12.5. The summed E-state index contributed by atoms with van der Waals surface area (Å²) in [6.07, 6.45) is 4.64. The predicted molar refractivity (Wildman–Crippen MR) is 96.1 cm³/mol. The number of amides is 2. The summed E-state index contributed by atoms with van der Waals surface area (Å²) in [6.45, 7) is 0.292. The molecule has 3 heterocycles. The molecule has 2 aromatic heterocycles. The molecule has 9 heteroatoms. The number of hydrogen-bond acceptors (Lipinski definition) is 6. The number of aromatic nitrogens is 4. The Morgan fingerprint density at radius 2 is 2.27 bits per heavy atom. The standard InChI is InChI=1S/C17H14N6O2S/c24-15-8-26-14-4-3-11(6-13(14)22-15)17(25)20-7-12-2-1-5-19-16(12)23-10-18-9-21-23/h1-6,9-10H,7-8H2,(H,20,25)(H,22,24). The molecule has 0 atom stereocenters. The SMILES string of the molecule is O=C1CSc2ccc(C(=O)NCc3cccnc3-n3cncn3)cc2N1. The fourth-order valence-corrected chi connectivity index (χ4v) is 3.38. The van der Waals surface area contributed by atoms with Crippen LogP contribution in [0.4, 0.5) is 5.69 Å².